The van der Waals surface area contributed by atoms with E-state index in [9.17, 15) is 0 Å². The molecule has 2 saturated carbocycles. The average molecular weight is 279 g/mol. The summed E-state index contributed by atoms with van der Waals surface area (Å²) in [5.74, 6) is 4.69. The van der Waals surface area contributed by atoms with E-state index in [-0.39, 0.29) is 0 Å². The van der Waals surface area contributed by atoms with Crippen molar-refractivity contribution in [2.75, 3.05) is 0 Å². The van der Waals surface area contributed by atoms with Crippen molar-refractivity contribution in [1.29, 1.82) is 0 Å². The monoisotopic (exact) mass is 278 g/mol. The van der Waals surface area contributed by atoms with Gasteiger partial charge in [-0.3, -0.25) is 0 Å². The van der Waals surface area contributed by atoms with Crippen LogP contribution in [0.5, 0.6) is 0 Å². The lowest BCUT2D eigenvalue weighted by atomic mass is 9.46. The summed E-state index contributed by atoms with van der Waals surface area (Å²) in [6.07, 6.45) is 8.64. The summed E-state index contributed by atoms with van der Waals surface area (Å²) in [4.78, 5) is 0. The second-order valence-electron chi connectivity index (χ2n) is 9.20. The van der Waals surface area contributed by atoms with Gasteiger partial charge in [0.1, 0.15) is 0 Å². The van der Waals surface area contributed by atoms with Gasteiger partial charge in [-0.25, -0.2) is 0 Å². The molecule has 6 unspecified atom stereocenters. The highest BCUT2D eigenvalue weighted by Crippen LogP contribution is 2.60. The maximum Gasteiger partial charge on any atom is -0.0267 e. The van der Waals surface area contributed by atoms with Gasteiger partial charge in [0.05, 0.1) is 0 Å². The minimum absolute atomic E-state index is 0.543. The van der Waals surface area contributed by atoms with Crippen molar-refractivity contribution in [3.8, 4) is 0 Å². The van der Waals surface area contributed by atoms with Gasteiger partial charge in [-0.2, -0.15) is 0 Å². The van der Waals surface area contributed by atoms with Gasteiger partial charge in [0.2, 0.25) is 0 Å². The summed E-state index contributed by atoms with van der Waals surface area (Å²) in [7, 11) is 0. The van der Waals surface area contributed by atoms with Crippen LogP contribution >= 0.6 is 0 Å². The first-order valence-corrected chi connectivity index (χ1v) is 9.24. The molecule has 0 nitrogen and oxygen atoms in total. The van der Waals surface area contributed by atoms with Crippen molar-refractivity contribution in [3.05, 3.63) is 0 Å². The van der Waals surface area contributed by atoms with Crippen molar-refractivity contribution in [1.82, 2.24) is 0 Å². The standard InChI is InChI=1S/C20H38/c1-8-12-19(5,6)17-11-13-20(7)16(4)14(2)9-10-18(20)15(17)3/h14-18H,8-13H2,1-7H3. The zero-order valence-electron chi connectivity index (χ0n) is 15.1. The molecule has 6 atom stereocenters. The minimum atomic E-state index is 0.543. The van der Waals surface area contributed by atoms with Crippen LogP contribution in [0.4, 0.5) is 0 Å². The third kappa shape index (κ3) is 2.57. The van der Waals surface area contributed by atoms with E-state index < -0.39 is 0 Å². The highest BCUT2D eigenvalue weighted by Gasteiger charge is 2.52. The molecule has 0 heterocycles. The fraction of sp³-hybridized carbons (Fsp3) is 1.00. The molecule has 20 heavy (non-hydrogen) atoms. The molecule has 2 fully saturated rings. The van der Waals surface area contributed by atoms with Crippen LogP contribution in [0, 0.1) is 40.4 Å². The molecule has 2 aliphatic carbocycles. The molecule has 0 aromatic rings. The molecule has 0 aliphatic heterocycles. The number of fused-ring (bicyclic) bond motifs is 1. The highest BCUT2D eigenvalue weighted by atomic mass is 14.6. The minimum Gasteiger partial charge on any atom is -0.0654 e. The first-order valence-electron chi connectivity index (χ1n) is 9.24. The molecule has 0 spiro atoms. The molecular formula is C20H38. The van der Waals surface area contributed by atoms with Gasteiger partial charge in [-0.1, -0.05) is 61.3 Å². The van der Waals surface area contributed by atoms with Crippen molar-refractivity contribution < 1.29 is 0 Å². The first-order chi connectivity index (χ1) is 9.24. The molecule has 2 rings (SSSR count). The van der Waals surface area contributed by atoms with Crippen LogP contribution in [0.3, 0.4) is 0 Å². The first kappa shape index (κ1) is 16.4. The average Bonchev–Trinajstić information content (AvgIpc) is 2.35. The van der Waals surface area contributed by atoms with Crippen molar-refractivity contribution in [3.63, 3.8) is 0 Å². The Morgan fingerprint density at radius 3 is 2.30 bits per heavy atom. The highest BCUT2D eigenvalue weighted by molar-refractivity contribution is 5.02. The van der Waals surface area contributed by atoms with Gasteiger partial charge in [0, 0.05) is 0 Å². The molecule has 118 valence electrons. The van der Waals surface area contributed by atoms with Gasteiger partial charge >= 0.3 is 0 Å². The summed E-state index contributed by atoms with van der Waals surface area (Å²) >= 11 is 0. The fourth-order valence-corrected chi connectivity index (χ4v) is 6.23. The maximum atomic E-state index is 2.62. The van der Waals surface area contributed by atoms with Gasteiger partial charge in [-0.15, -0.1) is 0 Å². The number of rotatable bonds is 3. The lowest BCUT2D eigenvalue weighted by Crippen LogP contribution is -2.51. The fourth-order valence-electron chi connectivity index (χ4n) is 6.23. The van der Waals surface area contributed by atoms with Crippen LogP contribution in [0.2, 0.25) is 0 Å². The smallest absolute Gasteiger partial charge is 0.0267 e. The predicted octanol–water partition coefficient (Wildman–Crippen LogP) is 6.55. The lowest BCUT2D eigenvalue weighted by molar-refractivity contribution is -0.0955. The van der Waals surface area contributed by atoms with Gasteiger partial charge < -0.3 is 0 Å². The Balaban J connectivity index is 2.20. The molecule has 0 aromatic carbocycles. The molecule has 0 radical (unpaired) electrons. The summed E-state index contributed by atoms with van der Waals surface area (Å²) in [6, 6.07) is 0. The molecule has 0 saturated heterocycles. The van der Waals surface area contributed by atoms with E-state index in [0.717, 1.165) is 29.6 Å². The van der Waals surface area contributed by atoms with Gasteiger partial charge in [0.15, 0.2) is 0 Å². The van der Waals surface area contributed by atoms with Crippen LogP contribution in [0.1, 0.15) is 87.0 Å². The molecular weight excluding hydrogens is 240 g/mol. The third-order valence-corrected chi connectivity index (χ3v) is 7.84. The largest absolute Gasteiger partial charge is 0.0654 e. The van der Waals surface area contributed by atoms with Gasteiger partial charge in [0.25, 0.3) is 0 Å². The Bertz CT molecular complexity index is 329. The van der Waals surface area contributed by atoms with Crippen molar-refractivity contribution >= 4 is 0 Å². The normalized spacial score (nSPS) is 46.0. The Morgan fingerprint density at radius 1 is 1.05 bits per heavy atom. The molecule has 0 aromatic heterocycles. The molecule has 0 bridgehead atoms. The van der Waals surface area contributed by atoms with Crippen LogP contribution in [0.25, 0.3) is 0 Å². The third-order valence-electron chi connectivity index (χ3n) is 7.84. The van der Waals surface area contributed by atoms with E-state index in [1.807, 2.05) is 0 Å². The molecule has 0 N–H and O–H groups in total. The lowest BCUT2D eigenvalue weighted by Gasteiger charge is -2.59. The van der Waals surface area contributed by atoms with E-state index >= 15 is 0 Å². The summed E-state index contributed by atoms with van der Waals surface area (Å²) in [5, 5.41) is 0. The topological polar surface area (TPSA) is 0 Å². The van der Waals surface area contributed by atoms with E-state index in [4.69, 9.17) is 0 Å². The Labute approximate surface area is 128 Å². The predicted molar refractivity (Wildman–Crippen MR) is 89.7 cm³/mol. The van der Waals surface area contributed by atoms with Crippen LogP contribution in [-0.2, 0) is 0 Å². The Kier molecular flexibility index (Phi) is 4.63. The van der Waals surface area contributed by atoms with Crippen LogP contribution < -0.4 is 0 Å². The number of hydrogen-bond acceptors (Lipinski definition) is 0. The molecule has 2 aliphatic rings. The Morgan fingerprint density at radius 2 is 1.70 bits per heavy atom. The van der Waals surface area contributed by atoms with Crippen LogP contribution in [0.15, 0.2) is 0 Å². The van der Waals surface area contributed by atoms with Crippen molar-refractivity contribution in [2.45, 2.75) is 87.0 Å². The van der Waals surface area contributed by atoms with E-state index in [2.05, 4.69) is 48.5 Å². The summed E-state index contributed by atoms with van der Waals surface area (Å²) in [6.45, 7) is 17.7. The maximum absolute atomic E-state index is 2.62. The zero-order chi connectivity index (χ0) is 15.1. The molecule has 0 amide bonds. The van der Waals surface area contributed by atoms with E-state index in [0.29, 0.717) is 10.8 Å². The van der Waals surface area contributed by atoms with Crippen LogP contribution in [-0.4, -0.2) is 0 Å². The summed E-state index contributed by atoms with van der Waals surface area (Å²) < 4.78 is 0. The Hall–Kier alpha value is 0. The number of hydrogen-bond donors (Lipinski definition) is 0. The van der Waals surface area contributed by atoms with E-state index in [1.165, 1.54) is 38.5 Å². The second-order valence-corrected chi connectivity index (χ2v) is 9.20. The summed E-state index contributed by atoms with van der Waals surface area (Å²) in [5.41, 5.74) is 1.16. The quantitative estimate of drug-likeness (QED) is 0.549. The van der Waals surface area contributed by atoms with Crippen molar-refractivity contribution in [2.24, 2.45) is 40.4 Å². The SMILES string of the molecule is CCCC(C)(C)C1CCC2(C)C(C)C(C)CCC2C1C. The second kappa shape index (κ2) is 5.65. The van der Waals surface area contributed by atoms with Gasteiger partial charge in [-0.05, 0) is 66.1 Å². The molecule has 0 heteroatoms. The van der Waals surface area contributed by atoms with E-state index in [1.54, 1.807) is 0 Å². The zero-order valence-corrected chi connectivity index (χ0v) is 15.1.